The van der Waals surface area contributed by atoms with Crippen molar-refractivity contribution in [2.24, 2.45) is 0 Å². The minimum Gasteiger partial charge on any atom is -0.322 e. The van der Waals surface area contributed by atoms with Crippen LogP contribution in [0.25, 0.3) is 0 Å². The molecule has 6 heteroatoms. The topological polar surface area (TPSA) is 52.9 Å². The van der Waals surface area contributed by atoms with Gasteiger partial charge in [0.05, 0.1) is 11.1 Å². The molecule has 0 aliphatic carbocycles. The highest BCUT2D eigenvalue weighted by atomic mass is 19.1. The number of hydrogen-bond acceptors (Lipinski definition) is 2. The predicted molar refractivity (Wildman–Crippen MR) is 65.4 cm³/mol. The molecule has 0 aliphatic heterocycles. The van der Waals surface area contributed by atoms with Gasteiger partial charge in [-0.15, -0.1) is 0 Å². The third-order valence-corrected chi connectivity index (χ3v) is 2.52. The van der Waals surface area contributed by atoms with E-state index in [2.05, 4.69) is 5.32 Å². The van der Waals surface area contributed by atoms with Crippen molar-refractivity contribution in [2.75, 3.05) is 5.32 Å². The Kier molecular flexibility index (Phi) is 3.71. The van der Waals surface area contributed by atoms with Crippen LogP contribution < -0.4 is 5.32 Å². The molecule has 0 aliphatic rings. The number of amides is 1. The first-order valence-corrected chi connectivity index (χ1v) is 5.47. The Hall–Kier alpha value is -2.81. The maximum atomic E-state index is 13.4. The highest BCUT2D eigenvalue weighted by Crippen LogP contribution is 2.16. The largest absolute Gasteiger partial charge is 0.322 e. The van der Waals surface area contributed by atoms with Crippen LogP contribution in [0.15, 0.2) is 36.4 Å². The minimum absolute atomic E-state index is 0.136. The molecule has 100 valence electrons. The number of hydrogen-bond donors (Lipinski definition) is 1. The fraction of sp³-hybridized carbons (Fsp3) is 0. The van der Waals surface area contributed by atoms with Gasteiger partial charge >= 0.3 is 0 Å². The SMILES string of the molecule is N#Cc1cc(NC(=O)c2ccc(F)cc2F)ccc1F. The Morgan fingerprint density at radius 1 is 1.05 bits per heavy atom. The van der Waals surface area contributed by atoms with Crippen molar-refractivity contribution in [3.8, 4) is 6.07 Å². The highest BCUT2D eigenvalue weighted by Gasteiger charge is 2.13. The fourth-order valence-electron chi connectivity index (χ4n) is 1.56. The predicted octanol–water partition coefficient (Wildman–Crippen LogP) is 3.23. The average Bonchev–Trinajstić information content (AvgIpc) is 2.40. The number of rotatable bonds is 2. The zero-order chi connectivity index (χ0) is 14.7. The lowest BCUT2D eigenvalue weighted by Crippen LogP contribution is -2.14. The molecule has 0 unspecified atom stereocenters. The summed E-state index contributed by atoms with van der Waals surface area (Å²) in [5.41, 5.74) is -0.465. The van der Waals surface area contributed by atoms with E-state index in [4.69, 9.17) is 5.26 Å². The van der Waals surface area contributed by atoms with Crippen LogP contribution in [0.5, 0.6) is 0 Å². The standard InChI is InChI=1S/C14H7F3N2O/c15-9-1-3-11(13(17)6-9)14(20)19-10-2-4-12(16)8(5-10)7-18/h1-6H,(H,19,20). The number of carbonyl (C=O) groups excluding carboxylic acids is 1. The molecule has 2 aromatic carbocycles. The van der Waals surface area contributed by atoms with Crippen LogP contribution in [0.3, 0.4) is 0 Å². The van der Waals surface area contributed by atoms with Crippen molar-refractivity contribution < 1.29 is 18.0 Å². The lowest BCUT2D eigenvalue weighted by atomic mass is 10.1. The van der Waals surface area contributed by atoms with Crippen LogP contribution in [0.4, 0.5) is 18.9 Å². The van der Waals surface area contributed by atoms with Gasteiger partial charge in [0.2, 0.25) is 0 Å². The molecule has 0 saturated carbocycles. The number of carbonyl (C=O) groups is 1. The van der Waals surface area contributed by atoms with E-state index in [9.17, 15) is 18.0 Å². The third kappa shape index (κ3) is 2.78. The molecule has 0 radical (unpaired) electrons. The van der Waals surface area contributed by atoms with E-state index >= 15 is 0 Å². The Morgan fingerprint density at radius 2 is 1.80 bits per heavy atom. The monoisotopic (exact) mass is 276 g/mol. The first-order chi connectivity index (χ1) is 9.51. The maximum Gasteiger partial charge on any atom is 0.258 e. The van der Waals surface area contributed by atoms with E-state index in [1.54, 1.807) is 6.07 Å². The van der Waals surface area contributed by atoms with Gasteiger partial charge in [0.1, 0.15) is 23.5 Å². The Morgan fingerprint density at radius 3 is 2.45 bits per heavy atom. The first-order valence-electron chi connectivity index (χ1n) is 5.47. The van der Waals surface area contributed by atoms with Gasteiger partial charge in [-0.05, 0) is 30.3 Å². The summed E-state index contributed by atoms with van der Waals surface area (Å²) in [6, 6.07) is 7.50. The van der Waals surface area contributed by atoms with E-state index in [-0.39, 0.29) is 16.8 Å². The number of benzene rings is 2. The lowest BCUT2D eigenvalue weighted by molar-refractivity contribution is 0.102. The molecular formula is C14H7F3N2O. The van der Waals surface area contributed by atoms with Crippen LogP contribution in [-0.4, -0.2) is 5.91 Å². The van der Waals surface area contributed by atoms with E-state index in [0.717, 1.165) is 24.3 Å². The van der Waals surface area contributed by atoms with E-state index in [0.29, 0.717) is 6.07 Å². The second kappa shape index (κ2) is 5.45. The molecule has 0 bridgehead atoms. The van der Waals surface area contributed by atoms with Gasteiger partial charge in [-0.25, -0.2) is 13.2 Å². The summed E-state index contributed by atoms with van der Waals surface area (Å²) in [5, 5.41) is 11.0. The van der Waals surface area contributed by atoms with Crippen molar-refractivity contribution in [3.63, 3.8) is 0 Å². The normalized spacial score (nSPS) is 9.90. The number of nitrogens with zero attached hydrogens (tertiary/aromatic N) is 1. The quantitative estimate of drug-likeness (QED) is 0.915. The maximum absolute atomic E-state index is 13.4. The van der Waals surface area contributed by atoms with Crippen LogP contribution in [0.1, 0.15) is 15.9 Å². The first kappa shape index (κ1) is 13.6. The zero-order valence-corrected chi connectivity index (χ0v) is 9.95. The summed E-state index contributed by atoms with van der Waals surface area (Å²) >= 11 is 0. The molecule has 20 heavy (non-hydrogen) atoms. The number of nitriles is 1. The summed E-state index contributed by atoms with van der Waals surface area (Å²) in [7, 11) is 0. The summed E-state index contributed by atoms with van der Waals surface area (Å²) in [5.74, 6) is -3.35. The van der Waals surface area contributed by atoms with Gasteiger partial charge in [-0.2, -0.15) is 5.26 Å². The summed E-state index contributed by atoms with van der Waals surface area (Å²) in [6.07, 6.45) is 0. The van der Waals surface area contributed by atoms with Gasteiger partial charge in [0, 0.05) is 11.8 Å². The average molecular weight is 276 g/mol. The van der Waals surface area contributed by atoms with Crippen LogP contribution in [-0.2, 0) is 0 Å². The van der Waals surface area contributed by atoms with Gasteiger partial charge in [-0.1, -0.05) is 0 Å². The second-order valence-corrected chi connectivity index (χ2v) is 3.88. The Bertz CT molecular complexity index is 723. The van der Waals surface area contributed by atoms with Crippen molar-refractivity contribution in [3.05, 3.63) is 65.0 Å². The van der Waals surface area contributed by atoms with Crippen molar-refractivity contribution >= 4 is 11.6 Å². The van der Waals surface area contributed by atoms with Crippen molar-refractivity contribution in [1.82, 2.24) is 0 Å². The summed E-state index contributed by atoms with van der Waals surface area (Å²) in [6.45, 7) is 0. The lowest BCUT2D eigenvalue weighted by Gasteiger charge is -2.06. The number of anilines is 1. The molecule has 2 rings (SSSR count). The highest BCUT2D eigenvalue weighted by molar-refractivity contribution is 6.04. The Labute approximate surface area is 112 Å². The third-order valence-electron chi connectivity index (χ3n) is 2.52. The van der Waals surface area contributed by atoms with Gasteiger partial charge in [0.25, 0.3) is 5.91 Å². The molecule has 3 nitrogen and oxygen atoms in total. The van der Waals surface area contributed by atoms with E-state index in [1.165, 1.54) is 6.07 Å². The molecule has 0 spiro atoms. The summed E-state index contributed by atoms with van der Waals surface area (Å²) < 4.78 is 39.2. The smallest absolute Gasteiger partial charge is 0.258 e. The number of halogens is 3. The molecule has 0 saturated heterocycles. The van der Waals surface area contributed by atoms with Gasteiger partial charge in [0.15, 0.2) is 0 Å². The van der Waals surface area contributed by atoms with Crippen LogP contribution >= 0.6 is 0 Å². The molecule has 0 heterocycles. The second-order valence-electron chi connectivity index (χ2n) is 3.88. The van der Waals surface area contributed by atoms with E-state index in [1.807, 2.05) is 0 Å². The molecule has 2 aromatic rings. The molecule has 0 atom stereocenters. The van der Waals surface area contributed by atoms with E-state index < -0.39 is 23.4 Å². The van der Waals surface area contributed by atoms with Crippen molar-refractivity contribution in [1.29, 1.82) is 5.26 Å². The van der Waals surface area contributed by atoms with Gasteiger partial charge in [-0.3, -0.25) is 4.79 Å². The molecule has 0 aromatic heterocycles. The number of nitrogens with one attached hydrogen (secondary N) is 1. The Balaban J connectivity index is 2.26. The van der Waals surface area contributed by atoms with Crippen LogP contribution in [0.2, 0.25) is 0 Å². The van der Waals surface area contributed by atoms with Gasteiger partial charge < -0.3 is 5.32 Å². The minimum atomic E-state index is -1.01. The molecule has 1 amide bonds. The molecule has 0 fully saturated rings. The zero-order valence-electron chi connectivity index (χ0n) is 9.95. The van der Waals surface area contributed by atoms with Crippen molar-refractivity contribution in [2.45, 2.75) is 0 Å². The molecule has 1 N–H and O–H groups in total. The summed E-state index contributed by atoms with van der Waals surface area (Å²) in [4.78, 5) is 11.8. The fourth-order valence-corrected chi connectivity index (χ4v) is 1.56. The van der Waals surface area contributed by atoms with Crippen LogP contribution in [0, 0.1) is 28.8 Å². The molecular weight excluding hydrogens is 269 g/mol.